The Hall–Kier alpha value is -2.30. The molecule has 1 aromatic heterocycles. The molecule has 4 N–H and O–H groups in total. The topological polar surface area (TPSA) is 122 Å². The summed E-state index contributed by atoms with van der Waals surface area (Å²) in [4.78, 5) is 5.26. The fourth-order valence-electron chi connectivity index (χ4n) is 2.65. The van der Waals surface area contributed by atoms with Gasteiger partial charge in [0.25, 0.3) is 0 Å². The first kappa shape index (κ1) is 15.6. The number of nitrogens with zero attached hydrogens (tertiary/aromatic N) is 5. The summed E-state index contributed by atoms with van der Waals surface area (Å²) in [5, 5.41) is 27.4. The molecule has 0 bridgehead atoms. The minimum atomic E-state index is -1.79. The van der Waals surface area contributed by atoms with Gasteiger partial charge in [0.15, 0.2) is 12.4 Å². The summed E-state index contributed by atoms with van der Waals surface area (Å²) in [6.07, 6.45) is 1.35. The molecule has 1 fully saturated rings. The van der Waals surface area contributed by atoms with Gasteiger partial charge in [0, 0.05) is 12.4 Å². The van der Waals surface area contributed by atoms with Crippen LogP contribution in [0, 0.1) is 0 Å². The monoisotopic (exact) mass is 324 g/mol. The van der Waals surface area contributed by atoms with Crippen LogP contribution < -0.4 is 5.73 Å². The largest absolute Gasteiger partial charge is 0.393 e. The summed E-state index contributed by atoms with van der Waals surface area (Å²) < 4.78 is 21.7. The van der Waals surface area contributed by atoms with E-state index in [0.29, 0.717) is 0 Å². The lowest BCUT2D eigenvalue weighted by atomic mass is 9.96. The van der Waals surface area contributed by atoms with Crippen molar-refractivity contribution in [1.82, 2.24) is 19.9 Å². The average molecular weight is 324 g/mol. The van der Waals surface area contributed by atoms with E-state index in [0.717, 1.165) is 0 Å². The van der Waals surface area contributed by atoms with Crippen molar-refractivity contribution < 1.29 is 19.3 Å². The van der Waals surface area contributed by atoms with Gasteiger partial charge >= 0.3 is 0 Å². The molecule has 3 rings (SSSR count). The van der Waals surface area contributed by atoms with E-state index in [4.69, 9.17) is 10.5 Å². The highest BCUT2D eigenvalue weighted by atomic mass is 19.1. The van der Waals surface area contributed by atoms with Crippen molar-refractivity contribution >= 4 is 5.84 Å². The Morgan fingerprint density at radius 3 is 2.91 bits per heavy atom. The number of halogens is 1. The molecule has 0 aromatic carbocycles. The highest BCUT2D eigenvalue weighted by Gasteiger charge is 2.57. The SMILES string of the molecule is C=C1N=C(N)C=CN1[C@@H]1O[C@@](CO)(Cn2ccnn2)[C@@H](O)[C@H]1F. The molecule has 2 aliphatic heterocycles. The van der Waals surface area contributed by atoms with E-state index in [1.807, 2.05) is 0 Å². The highest BCUT2D eigenvalue weighted by molar-refractivity contribution is 5.92. The van der Waals surface area contributed by atoms with E-state index < -0.39 is 30.7 Å². The van der Waals surface area contributed by atoms with Crippen LogP contribution >= 0.6 is 0 Å². The van der Waals surface area contributed by atoms with Crippen LogP contribution in [0.2, 0.25) is 0 Å². The molecule has 0 amide bonds. The van der Waals surface area contributed by atoms with Gasteiger partial charge in [-0.1, -0.05) is 11.8 Å². The van der Waals surface area contributed by atoms with E-state index in [2.05, 4.69) is 21.9 Å². The zero-order valence-corrected chi connectivity index (χ0v) is 12.2. The molecule has 0 unspecified atom stereocenters. The molecule has 4 atom stereocenters. The van der Waals surface area contributed by atoms with Crippen molar-refractivity contribution in [2.24, 2.45) is 10.7 Å². The molecule has 1 aromatic rings. The Labute approximate surface area is 131 Å². The normalized spacial score (nSPS) is 34.0. The number of hydrogen-bond acceptors (Lipinski definition) is 8. The van der Waals surface area contributed by atoms with E-state index >= 15 is 0 Å². The molecule has 2 aliphatic rings. The van der Waals surface area contributed by atoms with Crippen LogP contribution in [0.15, 0.2) is 42.1 Å². The smallest absolute Gasteiger partial charge is 0.174 e. The molecule has 1 saturated heterocycles. The number of aliphatic hydroxyl groups excluding tert-OH is 2. The number of alkyl halides is 1. The third-order valence-corrected chi connectivity index (χ3v) is 3.87. The van der Waals surface area contributed by atoms with Gasteiger partial charge in [-0.25, -0.2) is 14.1 Å². The van der Waals surface area contributed by atoms with Gasteiger partial charge < -0.3 is 25.6 Å². The minimum absolute atomic E-state index is 0.0585. The van der Waals surface area contributed by atoms with Gasteiger partial charge in [-0.05, 0) is 6.08 Å². The Morgan fingerprint density at radius 1 is 1.52 bits per heavy atom. The fourth-order valence-corrected chi connectivity index (χ4v) is 2.65. The van der Waals surface area contributed by atoms with Crippen molar-refractivity contribution in [3.8, 4) is 0 Å². The molecule has 0 spiro atoms. The number of hydrogen-bond donors (Lipinski definition) is 3. The summed E-state index contributed by atoms with van der Waals surface area (Å²) in [7, 11) is 0. The van der Waals surface area contributed by atoms with Crippen molar-refractivity contribution in [3.63, 3.8) is 0 Å². The quantitative estimate of drug-likeness (QED) is 0.630. The Kier molecular flexibility index (Phi) is 3.88. The lowest BCUT2D eigenvalue weighted by molar-refractivity contribution is -0.143. The molecule has 3 heterocycles. The molecule has 9 nitrogen and oxygen atoms in total. The van der Waals surface area contributed by atoms with Gasteiger partial charge in [-0.15, -0.1) is 5.10 Å². The first-order valence-corrected chi connectivity index (χ1v) is 6.91. The zero-order valence-electron chi connectivity index (χ0n) is 12.2. The summed E-state index contributed by atoms with van der Waals surface area (Å²) >= 11 is 0. The minimum Gasteiger partial charge on any atom is -0.393 e. The number of ether oxygens (including phenoxy) is 1. The molecule has 0 saturated carbocycles. The molecular formula is C13H17FN6O3. The third kappa shape index (κ3) is 2.60. The second kappa shape index (κ2) is 5.72. The lowest BCUT2D eigenvalue weighted by Gasteiger charge is -2.32. The van der Waals surface area contributed by atoms with Crippen LogP contribution in [0.1, 0.15) is 0 Å². The maximum atomic E-state index is 14.6. The molecule has 0 radical (unpaired) electrons. The zero-order chi connectivity index (χ0) is 16.6. The second-order valence-electron chi connectivity index (χ2n) is 5.40. The summed E-state index contributed by atoms with van der Waals surface area (Å²) in [6, 6.07) is 0. The highest BCUT2D eigenvalue weighted by Crippen LogP contribution is 2.37. The van der Waals surface area contributed by atoms with Crippen molar-refractivity contribution in [3.05, 3.63) is 37.1 Å². The number of aromatic nitrogens is 3. The molecule has 23 heavy (non-hydrogen) atoms. The van der Waals surface area contributed by atoms with Gasteiger partial charge in [0.05, 0.1) is 19.3 Å². The predicted molar refractivity (Wildman–Crippen MR) is 77.4 cm³/mol. The third-order valence-electron chi connectivity index (χ3n) is 3.87. The van der Waals surface area contributed by atoms with Crippen molar-refractivity contribution in [2.75, 3.05) is 6.61 Å². The Bertz CT molecular complexity index is 648. The molecule has 0 aliphatic carbocycles. The first-order valence-electron chi connectivity index (χ1n) is 6.91. The van der Waals surface area contributed by atoms with Gasteiger partial charge in [-0.2, -0.15) is 0 Å². The predicted octanol–water partition coefficient (Wildman–Crippen LogP) is -1.28. The average Bonchev–Trinajstić information content (AvgIpc) is 3.11. The molecule has 10 heteroatoms. The van der Waals surface area contributed by atoms with Crippen molar-refractivity contribution in [2.45, 2.75) is 30.6 Å². The van der Waals surface area contributed by atoms with E-state index in [-0.39, 0.29) is 18.2 Å². The Balaban J connectivity index is 1.85. The number of aliphatic imine (C=N–C) groups is 1. The van der Waals surface area contributed by atoms with Gasteiger partial charge in [0.2, 0.25) is 0 Å². The Morgan fingerprint density at radius 2 is 2.30 bits per heavy atom. The number of nitrogens with two attached hydrogens (primary N) is 1. The van der Waals surface area contributed by atoms with E-state index in [9.17, 15) is 14.6 Å². The second-order valence-corrected chi connectivity index (χ2v) is 5.40. The number of amidine groups is 1. The molecular weight excluding hydrogens is 307 g/mol. The van der Waals surface area contributed by atoms with Crippen LogP contribution in [0.5, 0.6) is 0 Å². The van der Waals surface area contributed by atoms with Gasteiger partial charge in [0.1, 0.15) is 23.4 Å². The van der Waals surface area contributed by atoms with Crippen LogP contribution in [0.4, 0.5) is 4.39 Å². The van der Waals surface area contributed by atoms with Crippen LogP contribution in [-0.2, 0) is 11.3 Å². The van der Waals surface area contributed by atoms with E-state index in [1.165, 1.54) is 34.3 Å². The standard InChI is InChI=1S/C13H17FN6O3/c1-8-17-9(15)2-4-20(8)12-10(14)11(22)13(7-21,23-12)6-19-5-3-16-18-19/h2-5,10-12,21-22H,1,6-7H2,(H2,15,17)/t10-,11+,12-,13-/m1/s1. The van der Waals surface area contributed by atoms with Crippen LogP contribution in [0.3, 0.4) is 0 Å². The number of rotatable bonds is 4. The van der Waals surface area contributed by atoms with Crippen LogP contribution in [-0.4, -0.2) is 66.7 Å². The summed E-state index contributed by atoms with van der Waals surface area (Å²) in [5.74, 6) is 0.413. The lowest BCUT2D eigenvalue weighted by Crippen LogP contribution is -2.49. The van der Waals surface area contributed by atoms with Crippen LogP contribution in [0.25, 0.3) is 0 Å². The summed E-state index contributed by atoms with van der Waals surface area (Å²) in [5.41, 5.74) is 3.99. The van der Waals surface area contributed by atoms with Crippen molar-refractivity contribution in [1.29, 1.82) is 0 Å². The maximum Gasteiger partial charge on any atom is 0.174 e. The first-order chi connectivity index (χ1) is 11.0. The van der Waals surface area contributed by atoms with Gasteiger partial charge in [-0.3, -0.25) is 0 Å². The maximum absolute atomic E-state index is 14.6. The summed E-state index contributed by atoms with van der Waals surface area (Å²) in [6.45, 7) is 3.03. The van der Waals surface area contributed by atoms with E-state index in [1.54, 1.807) is 0 Å². The fraction of sp³-hybridized carbons (Fsp3) is 0.462. The number of aliphatic hydroxyl groups is 2. The molecule has 124 valence electrons.